The van der Waals surface area contributed by atoms with Crippen LogP contribution in [0.15, 0.2) is 49.6 Å². The smallest absolute Gasteiger partial charge is 0.382 e. The van der Waals surface area contributed by atoms with Gasteiger partial charge in [-0.1, -0.05) is 13.2 Å². The molecule has 13 nitrogen and oxygen atoms in total. The Hall–Kier alpha value is -4.08. The molecule has 38 heavy (non-hydrogen) atoms. The zero-order chi connectivity index (χ0) is 27.7. The summed E-state index contributed by atoms with van der Waals surface area (Å²) in [6.07, 6.45) is -5.60. The van der Waals surface area contributed by atoms with Crippen molar-refractivity contribution in [1.82, 2.24) is 39.0 Å². The standard InChI is InChI=1S/C20H20F4N10O3P/c1-11(5-33-9-31-13-15(25)27-7-29-17(13)33)3-19(21,22)36-38(35)37-20(23,24)4-12(2)6-34-10-32-14-16(26)28-8-30-18(14)34/h7-10H,1-6H2,(H2,25,27,29)(H2,26,28,30)/q+1. The topological polar surface area (TPSA) is 175 Å². The highest BCUT2D eigenvalue weighted by atomic mass is 31.1. The number of hydrogen-bond acceptors (Lipinski definition) is 11. The third kappa shape index (κ3) is 6.24. The summed E-state index contributed by atoms with van der Waals surface area (Å²) in [7, 11) is -3.93. The van der Waals surface area contributed by atoms with E-state index in [-0.39, 0.29) is 58.2 Å². The fourth-order valence-electron chi connectivity index (χ4n) is 3.51. The number of imidazole rings is 2. The van der Waals surface area contributed by atoms with Gasteiger partial charge in [0, 0.05) is 17.7 Å². The van der Waals surface area contributed by atoms with Gasteiger partial charge in [0.2, 0.25) is 0 Å². The Morgan fingerprint density at radius 1 is 0.789 bits per heavy atom. The molecule has 4 aromatic rings. The molecule has 0 atom stereocenters. The van der Waals surface area contributed by atoms with E-state index >= 15 is 0 Å². The third-order valence-electron chi connectivity index (χ3n) is 4.97. The van der Waals surface area contributed by atoms with Gasteiger partial charge < -0.3 is 20.6 Å². The zero-order valence-electron chi connectivity index (χ0n) is 19.5. The average molecular weight is 555 g/mol. The molecule has 0 bridgehead atoms. The molecule has 0 aromatic carbocycles. The highest BCUT2D eigenvalue weighted by molar-refractivity contribution is 7.33. The van der Waals surface area contributed by atoms with Gasteiger partial charge >= 0.3 is 20.5 Å². The maximum absolute atomic E-state index is 14.3. The first kappa shape index (κ1) is 27.0. The number of aromatic nitrogens is 8. The van der Waals surface area contributed by atoms with E-state index in [1.165, 1.54) is 34.4 Å². The lowest BCUT2D eigenvalue weighted by atomic mass is 10.2. The van der Waals surface area contributed by atoms with Gasteiger partial charge in [-0.15, -0.1) is 0 Å². The second-order valence-electron chi connectivity index (χ2n) is 8.14. The van der Waals surface area contributed by atoms with Crippen LogP contribution < -0.4 is 11.5 Å². The Morgan fingerprint density at radius 2 is 1.18 bits per heavy atom. The third-order valence-corrected chi connectivity index (χ3v) is 5.81. The van der Waals surface area contributed by atoms with Gasteiger partial charge in [0.25, 0.3) is 0 Å². The predicted molar refractivity (Wildman–Crippen MR) is 127 cm³/mol. The molecular weight excluding hydrogens is 535 g/mol. The van der Waals surface area contributed by atoms with E-state index < -0.39 is 33.3 Å². The zero-order valence-corrected chi connectivity index (χ0v) is 20.4. The summed E-state index contributed by atoms with van der Waals surface area (Å²) < 4.78 is 79.8. The predicted octanol–water partition coefficient (Wildman–Crippen LogP) is 3.60. The summed E-state index contributed by atoms with van der Waals surface area (Å²) in [6.45, 7) is 6.69. The summed E-state index contributed by atoms with van der Waals surface area (Å²) in [6, 6.07) is 0. The van der Waals surface area contributed by atoms with Crippen molar-refractivity contribution in [2.45, 2.75) is 38.1 Å². The second-order valence-corrected chi connectivity index (χ2v) is 8.95. The van der Waals surface area contributed by atoms with Gasteiger partial charge in [0.1, 0.15) is 23.7 Å². The Balaban J connectivity index is 1.30. The summed E-state index contributed by atoms with van der Waals surface area (Å²) >= 11 is 0. The molecule has 0 spiro atoms. The number of halogens is 4. The number of fused-ring (bicyclic) bond motifs is 2. The highest BCUT2D eigenvalue weighted by Gasteiger charge is 2.50. The molecule has 0 aliphatic carbocycles. The van der Waals surface area contributed by atoms with Crippen LogP contribution in [0.25, 0.3) is 22.3 Å². The number of rotatable bonds is 12. The van der Waals surface area contributed by atoms with Crippen molar-refractivity contribution in [3.63, 3.8) is 0 Å². The lowest BCUT2D eigenvalue weighted by Gasteiger charge is -2.14. The van der Waals surface area contributed by atoms with Crippen molar-refractivity contribution in [1.29, 1.82) is 0 Å². The van der Waals surface area contributed by atoms with E-state index in [2.05, 4.69) is 52.1 Å². The quantitative estimate of drug-likeness (QED) is 0.148. The van der Waals surface area contributed by atoms with Gasteiger partial charge in [-0.25, -0.2) is 29.9 Å². The normalized spacial score (nSPS) is 12.3. The Bertz CT molecular complexity index is 1430. The summed E-state index contributed by atoms with van der Waals surface area (Å²) in [5, 5.41) is 0. The van der Waals surface area contributed by atoms with Crippen molar-refractivity contribution in [2.24, 2.45) is 0 Å². The van der Waals surface area contributed by atoms with Gasteiger partial charge in [-0.05, 0) is 20.2 Å². The first-order chi connectivity index (χ1) is 17.8. The van der Waals surface area contributed by atoms with Crippen LogP contribution in [0.1, 0.15) is 12.8 Å². The maximum atomic E-state index is 14.3. The van der Waals surface area contributed by atoms with Gasteiger partial charge in [-0.3, -0.25) is 0 Å². The maximum Gasteiger partial charge on any atom is 0.710 e. The van der Waals surface area contributed by atoms with Crippen LogP contribution in [0.2, 0.25) is 0 Å². The van der Waals surface area contributed by atoms with E-state index in [0.29, 0.717) is 0 Å². The van der Waals surface area contributed by atoms with E-state index in [4.69, 9.17) is 11.5 Å². The molecule has 0 amide bonds. The van der Waals surface area contributed by atoms with Crippen LogP contribution in [0.4, 0.5) is 29.2 Å². The summed E-state index contributed by atoms with van der Waals surface area (Å²) in [4.78, 5) is 23.5. The fraction of sp³-hybridized carbons (Fsp3) is 0.300. The van der Waals surface area contributed by atoms with Crippen LogP contribution in [-0.4, -0.2) is 51.3 Å². The molecular formula is C20H20F4N10O3P+. The molecule has 0 saturated carbocycles. The fourth-order valence-corrected chi connectivity index (χ4v) is 4.11. The molecule has 4 rings (SSSR count). The molecule has 4 aromatic heterocycles. The highest BCUT2D eigenvalue weighted by Crippen LogP contribution is 2.43. The summed E-state index contributed by atoms with van der Waals surface area (Å²) in [5.74, 6) is 0.200. The number of alkyl halides is 4. The lowest BCUT2D eigenvalue weighted by molar-refractivity contribution is -0.208. The van der Waals surface area contributed by atoms with Gasteiger partial charge in [-0.2, -0.15) is 17.6 Å². The number of nitrogens with two attached hydrogens (primary N) is 2. The molecule has 200 valence electrons. The number of anilines is 2. The minimum absolute atomic E-state index is 0.0998. The Kier molecular flexibility index (Phi) is 7.35. The molecule has 0 unspecified atom stereocenters. The molecule has 4 N–H and O–H groups in total. The number of hydrogen-bond donors (Lipinski definition) is 2. The minimum Gasteiger partial charge on any atom is -0.382 e. The van der Waals surface area contributed by atoms with E-state index in [1.54, 1.807) is 0 Å². The molecule has 4 heterocycles. The van der Waals surface area contributed by atoms with Crippen molar-refractivity contribution in [3.8, 4) is 0 Å². The SMILES string of the molecule is C=C(Cn1cnc2c(N)ncnc21)CC(F)(F)O[P+](=O)OC(F)(F)CC(=C)Cn1cnc2c(N)ncnc21. The van der Waals surface area contributed by atoms with Gasteiger partial charge in [0.15, 0.2) is 22.9 Å². The van der Waals surface area contributed by atoms with E-state index in [0.717, 1.165) is 0 Å². The van der Waals surface area contributed by atoms with Crippen LogP contribution in [0.5, 0.6) is 0 Å². The number of nitrogen functional groups attached to an aromatic ring is 2. The molecule has 18 heteroatoms. The van der Waals surface area contributed by atoms with Crippen LogP contribution in [0.3, 0.4) is 0 Å². The van der Waals surface area contributed by atoms with Crippen molar-refractivity contribution in [3.05, 3.63) is 49.6 Å². The second kappa shape index (κ2) is 10.4. The summed E-state index contributed by atoms with van der Waals surface area (Å²) in [5.41, 5.74) is 12.2. The monoisotopic (exact) mass is 555 g/mol. The molecule has 0 fully saturated rings. The largest absolute Gasteiger partial charge is 0.710 e. The Morgan fingerprint density at radius 3 is 1.58 bits per heavy atom. The Labute approximate surface area is 212 Å². The molecule has 0 aliphatic rings. The lowest BCUT2D eigenvalue weighted by Crippen LogP contribution is -2.23. The number of nitrogens with zero attached hydrogens (tertiary/aromatic N) is 8. The van der Waals surface area contributed by atoms with Crippen LogP contribution in [0, 0.1) is 0 Å². The van der Waals surface area contributed by atoms with Crippen LogP contribution in [-0.2, 0) is 26.7 Å². The molecule has 0 saturated heterocycles. The van der Waals surface area contributed by atoms with E-state index in [9.17, 15) is 22.1 Å². The van der Waals surface area contributed by atoms with Crippen molar-refractivity contribution >= 4 is 42.2 Å². The average Bonchev–Trinajstić information content (AvgIpc) is 3.38. The van der Waals surface area contributed by atoms with Crippen LogP contribution >= 0.6 is 8.25 Å². The first-order valence-electron chi connectivity index (χ1n) is 10.6. The minimum atomic E-state index is -4.13. The molecule has 0 radical (unpaired) electrons. The van der Waals surface area contributed by atoms with Crippen molar-refractivity contribution < 1.29 is 31.2 Å². The first-order valence-corrected chi connectivity index (χ1v) is 11.7. The van der Waals surface area contributed by atoms with Crippen molar-refractivity contribution in [2.75, 3.05) is 11.5 Å². The van der Waals surface area contributed by atoms with Gasteiger partial charge in [0.05, 0.1) is 25.5 Å². The van der Waals surface area contributed by atoms with E-state index in [1.807, 2.05) is 0 Å². The molecule has 0 aliphatic heterocycles.